The first-order chi connectivity index (χ1) is 16.6. The number of nitrogens with one attached hydrogen (secondary N) is 3. The van der Waals surface area contributed by atoms with Crippen LogP contribution in [0, 0.1) is 0 Å². The molecule has 1 aromatic carbocycles. The van der Waals surface area contributed by atoms with Crippen molar-refractivity contribution >= 4 is 10.9 Å². The molecule has 0 aliphatic carbocycles. The average Bonchev–Trinajstić information content (AvgIpc) is 2.83. The summed E-state index contributed by atoms with van der Waals surface area (Å²) in [6, 6.07) is 3.91. The zero-order chi connectivity index (χ0) is 25.2. The van der Waals surface area contributed by atoms with Crippen molar-refractivity contribution in [2.24, 2.45) is 0 Å². The number of hydrogen-bond donors (Lipinski definition) is 4. The molecule has 2 aromatic rings. The molecule has 2 aliphatic heterocycles. The SMILES string of the molecule is OC(CNC(C1CCCCN1)C1CCCCN1)c1cc(C(F)(F)F)nc2c(C(F)(F)F)cccc12. The number of rotatable bonds is 6. The molecule has 3 atom stereocenters. The minimum absolute atomic E-state index is 0.0776. The quantitative estimate of drug-likeness (QED) is 0.435. The van der Waals surface area contributed by atoms with Gasteiger partial charge in [-0.2, -0.15) is 26.3 Å². The highest BCUT2D eigenvalue weighted by Gasteiger charge is 2.38. The van der Waals surface area contributed by atoms with Crippen LogP contribution in [-0.4, -0.2) is 47.9 Å². The Kier molecular flexibility index (Phi) is 7.89. The molecule has 1 aromatic heterocycles. The lowest BCUT2D eigenvalue weighted by molar-refractivity contribution is -0.142. The molecule has 11 heteroatoms. The Morgan fingerprint density at radius 2 is 1.57 bits per heavy atom. The predicted octanol–water partition coefficient (Wildman–Crippen LogP) is 4.55. The van der Waals surface area contributed by atoms with Gasteiger partial charge in [-0.3, -0.25) is 0 Å². The van der Waals surface area contributed by atoms with E-state index in [0.717, 1.165) is 57.7 Å². The third-order valence-electron chi connectivity index (χ3n) is 6.94. The first-order valence-corrected chi connectivity index (χ1v) is 12.0. The number of halogens is 6. The van der Waals surface area contributed by atoms with E-state index in [9.17, 15) is 31.4 Å². The maximum atomic E-state index is 13.5. The van der Waals surface area contributed by atoms with Crippen LogP contribution in [0.25, 0.3) is 10.9 Å². The van der Waals surface area contributed by atoms with Gasteiger partial charge < -0.3 is 21.1 Å². The van der Waals surface area contributed by atoms with E-state index in [-0.39, 0.29) is 35.6 Å². The van der Waals surface area contributed by atoms with Gasteiger partial charge in [0, 0.05) is 30.1 Å². The number of piperidine rings is 2. The Morgan fingerprint density at radius 1 is 0.943 bits per heavy atom. The van der Waals surface area contributed by atoms with Crippen LogP contribution >= 0.6 is 0 Å². The van der Waals surface area contributed by atoms with Crippen LogP contribution in [-0.2, 0) is 12.4 Å². The Hall–Kier alpha value is -1.95. The number of fused-ring (bicyclic) bond motifs is 1. The fourth-order valence-electron chi connectivity index (χ4n) is 5.22. The van der Waals surface area contributed by atoms with E-state index in [0.29, 0.717) is 12.1 Å². The summed E-state index contributed by atoms with van der Waals surface area (Å²) < 4.78 is 81.2. The Bertz CT molecular complexity index is 982. The van der Waals surface area contributed by atoms with E-state index in [2.05, 4.69) is 20.9 Å². The summed E-state index contributed by atoms with van der Waals surface area (Å²) in [7, 11) is 0. The number of aliphatic hydroxyl groups excluding tert-OH is 1. The van der Waals surface area contributed by atoms with Crippen molar-refractivity contribution in [1.82, 2.24) is 20.9 Å². The summed E-state index contributed by atoms with van der Waals surface area (Å²) in [6.07, 6.45) is -5.22. The largest absolute Gasteiger partial charge is 0.433 e. The van der Waals surface area contributed by atoms with Gasteiger partial charge in [-0.05, 0) is 56.5 Å². The summed E-state index contributed by atoms with van der Waals surface area (Å²) in [4.78, 5) is 3.30. The van der Waals surface area contributed by atoms with Crippen LogP contribution in [0.1, 0.15) is 61.4 Å². The maximum absolute atomic E-state index is 13.5. The monoisotopic (exact) mass is 504 g/mol. The van der Waals surface area contributed by atoms with Crippen LogP contribution in [0.4, 0.5) is 26.3 Å². The number of benzene rings is 1. The molecule has 4 rings (SSSR count). The van der Waals surface area contributed by atoms with Crippen LogP contribution in [0.3, 0.4) is 0 Å². The molecule has 2 fully saturated rings. The summed E-state index contributed by atoms with van der Waals surface area (Å²) in [5.74, 6) is 0. The molecule has 2 aliphatic rings. The highest BCUT2D eigenvalue weighted by Crippen LogP contribution is 2.39. The van der Waals surface area contributed by atoms with Gasteiger partial charge in [-0.25, -0.2) is 4.98 Å². The van der Waals surface area contributed by atoms with E-state index < -0.39 is 35.2 Å². The molecule has 0 amide bonds. The molecule has 0 radical (unpaired) electrons. The van der Waals surface area contributed by atoms with Crippen LogP contribution in [0.5, 0.6) is 0 Å². The van der Waals surface area contributed by atoms with E-state index >= 15 is 0 Å². The second-order valence-electron chi connectivity index (χ2n) is 9.36. The number of pyridine rings is 1. The molecule has 0 bridgehead atoms. The molecule has 2 saturated heterocycles. The van der Waals surface area contributed by atoms with Crippen molar-refractivity contribution in [3.05, 3.63) is 41.1 Å². The molecule has 3 unspecified atom stereocenters. The minimum Gasteiger partial charge on any atom is -0.387 e. The van der Waals surface area contributed by atoms with Gasteiger partial charge in [-0.15, -0.1) is 0 Å². The lowest BCUT2D eigenvalue weighted by Crippen LogP contribution is -2.60. The fraction of sp³-hybridized carbons (Fsp3) is 0.625. The third-order valence-corrected chi connectivity index (χ3v) is 6.94. The van der Waals surface area contributed by atoms with Crippen LogP contribution < -0.4 is 16.0 Å². The number of aromatic nitrogens is 1. The first-order valence-electron chi connectivity index (χ1n) is 12.0. The first kappa shape index (κ1) is 26.1. The second kappa shape index (κ2) is 10.6. The van der Waals surface area contributed by atoms with Gasteiger partial charge in [0.05, 0.1) is 17.2 Å². The third kappa shape index (κ3) is 6.07. The normalized spacial score (nSPS) is 23.9. The van der Waals surface area contributed by atoms with Crippen molar-refractivity contribution in [3.63, 3.8) is 0 Å². The van der Waals surface area contributed by atoms with Crippen LogP contribution in [0.15, 0.2) is 24.3 Å². The number of para-hydroxylation sites is 1. The Balaban J connectivity index is 1.65. The number of nitrogens with zero attached hydrogens (tertiary/aromatic N) is 1. The van der Waals surface area contributed by atoms with Gasteiger partial charge >= 0.3 is 12.4 Å². The fourth-order valence-corrected chi connectivity index (χ4v) is 5.22. The zero-order valence-electron chi connectivity index (χ0n) is 19.1. The zero-order valence-corrected chi connectivity index (χ0v) is 19.1. The number of aliphatic hydroxyl groups is 1. The van der Waals surface area contributed by atoms with Gasteiger partial charge in [0.2, 0.25) is 0 Å². The van der Waals surface area contributed by atoms with Gasteiger partial charge in [0.15, 0.2) is 0 Å². The molecule has 4 N–H and O–H groups in total. The predicted molar refractivity (Wildman–Crippen MR) is 120 cm³/mol. The van der Waals surface area contributed by atoms with E-state index in [1.165, 1.54) is 6.07 Å². The molecule has 0 spiro atoms. The van der Waals surface area contributed by atoms with Crippen molar-refractivity contribution in [1.29, 1.82) is 0 Å². The van der Waals surface area contributed by atoms with Gasteiger partial charge in [0.25, 0.3) is 0 Å². The topological polar surface area (TPSA) is 69.2 Å². The number of alkyl halides is 6. The van der Waals surface area contributed by atoms with Crippen molar-refractivity contribution < 1.29 is 31.4 Å². The van der Waals surface area contributed by atoms with Crippen molar-refractivity contribution in [2.45, 2.75) is 75.1 Å². The molecular formula is C24H30F6N4O. The standard InChI is InChI=1S/C24H30F6N4O/c25-23(26,27)16-7-5-6-14-15(12-20(24(28,29)30)34-21(14)16)19(35)13-33-22(17-8-1-3-10-31-17)18-9-2-4-11-32-18/h5-7,12,17-19,22,31-33,35H,1-4,8-11,13H2. The average molecular weight is 505 g/mol. The highest BCUT2D eigenvalue weighted by molar-refractivity contribution is 5.86. The molecule has 0 saturated carbocycles. The van der Waals surface area contributed by atoms with Crippen molar-refractivity contribution in [2.75, 3.05) is 19.6 Å². The molecule has 3 heterocycles. The van der Waals surface area contributed by atoms with E-state index in [4.69, 9.17) is 0 Å². The number of hydrogen-bond acceptors (Lipinski definition) is 5. The molecule has 194 valence electrons. The van der Waals surface area contributed by atoms with E-state index in [1.807, 2.05) is 0 Å². The van der Waals surface area contributed by atoms with Crippen molar-refractivity contribution in [3.8, 4) is 0 Å². The second-order valence-corrected chi connectivity index (χ2v) is 9.36. The molecule has 35 heavy (non-hydrogen) atoms. The minimum atomic E-state index is -4.96. The molecule has 5 nitrogen and oxygen atoms in total. The Morgan fingerprint density at radius 3 is 2.09 bits per heavy atom. The summed E-state index contributed by atoms with van der Waals surface area (Å²) >= 11 is 0. The lowest BCUT2D eigenvalue weighted by atomic mass is 9.88. The summed E-state index contributed by atoms with van der Waals surface area (Å²) in [5, 5.41) is 21.1. The molecular weight excluding hydrogens is 474 g/mol. The smallest absolute Gasteiger partial charge is 0.387 e. The maximum Gasteiger partial charge on any atom is 0.433 e. The summed E-state index contributed by atoms with van der Waals surface area (Å²) in [6.45, 7) is 1.62. The highest BCUT2D eigenvalue weighted by atomic mass is 19.4. The van der Waals surface area contributed by atoms with E-state index in [1.54, 1.807) is 0 Å². The Labute approximate surface area is 199 Å². The van der Waals surface area contributed by atoms with Gasteiger partial charge in [-0.1, -0.05) is 25.0 Å². The summed E-state index contributed by atoms with van der Waals surface area (Å²) in [5.41, 5.74) is -3.77. The van der Waals surface area contributed by atoms with Crippen LogP contribution in [0.2, 0.25) is 0 Å². The lowest BCUT2D eigenvalue weighted by Gasteiger charge is -2.39. The van der Waals surface area contributed by atoms with Gasteiger partial charge in [0.1, 0.15) is 5.69 Å².